The van der Waals surface area contributed by atoms with Crippen molar-refractivity contribution in [3.8, 4) is 11.1 Å². The third-order valence-corrected chi connectivity index (χ3v) is 12.3. The number of piperidine rings is 2. The number of aromatic nitrogens is 4. The molecule has 6 amide bonds. The van der Waals surface area contributed by atoms with E-state index in [4.69, 9.17) is 5.10 Å². The number of carbonyl (C=O) groups is 6. The summed E-state index contributed by atoms with van der Waals surface area (Å²) in [6.45, 7) is 7.57. The van der Waals surface area contributed by atoms with Crippen LogP contribution in [-0.2, 0) is 55.2 Å². The van der Waals surface area contributed by atoms with Crippen LogP contribution < -0.4 is 15.5 Å². The number of allylic oxidation sites excluding steroid dienone is 2. The summed E-state index contributed by atoms with van der Waals surface area (Å²) in [5, 5.41) is 14.6. The number of fused-ring (bicyclic) bond motifs is 2. The Labute approximate surface area is 350 Å². The number of alkyl halides is 2. The molecule has 320 valence electrons. The number of likely N-dealkylation sites (tertiary alicyclic amines) is 1. The number of amides is 6. The molecule has 0 radical (unpaired) electrons. The van der Waals surface area contributed by atoms with Crippen LogP contribution in [0.2, 0.25) is 0 Å². The summed E-state index contributed by atoms with van der Waals surface area (Å²) in [6.07, 6.45) is 8.33. The third kappa shape index (κ3) is 7.86. The molecule has 61 heavy (non-hydrogen) atoms. The smallest absolute Gasteiger partial charge is 0.278 e. The highest BCUT2D eigenvalue weighted by molar-refractivity contribution is 6.22. The average Bonchev–Trinajstić information content (AvgIpc) is 3.92. The predicted molar refractivity (Wildman–Crippen MR) is 218 cm³/mol. The largest absolute Gasteiger partial charge is 0.379 e. The number of rotatable bonds is 11. The maximum absolute atomic E-state index is 14.7. The number of nitrogens with zero attached hydrogens (tertiary/aromatic N) is 8. The summed E-state index contributed by atoms with van der Waals surface area (Å²) >= 11 is 0. The topological polar surface area (TPSA) is 175 Å². The molecule has 3 aromatic rings. The van der Waals surface area contributed by atoms with Gasteiger partial charge >= 0.3 is 0 Å². The van der Waals surface area contributed by atoms with Gasteiger partial charge in [-0.2, -0.15) is 10.2 Å². The summed E-state index contributed by atoms with van der Waals surface area (Å²) in [5.41, 5.74) is 4.54. The van der Waals surface area contributed by atoms with Crippen molar-refractivity contribution in [2.45, 2.75) is 83.3 Å². The van der Waals surface area contributed by atoms with E-state index in [1.807, 2.05) is 15.6 Å². The van der Waals surface area contributed by atoms with Gasteiger partial charge in [0, 0.05) is 100 Å². The Balaban J connectivity index is 0.973. The first-order valence-corrected chi connectivity index (χ1v) is 20.7. The van der Waals surface area contributed by atoms with Crippen molar-refractivity contribution < 1.29 is 37.5 Å². The molecule has 18 heteroatoms. The van der Waals surface area contributed by atoms with Gasteiger partial charge in [0.25, 0.3) is 18.2 Å². The van der Waals surface area contributed by atoms with Gasteiger partial charge in [-0.3, -0.25) is 48.3 Å². The first-order valence-electron chi connectivity index (χ1n) is 20.7. The van der Waals surface area contributed by atoms with Crippen LogP contribution in [0, 0.1) is 0 Å². The molecule has 1 unspecified atom stereocenters. The van der Waals surface area contributed by atoms with Crippen LogP contribution in [0.4, 0.5) is 20.3 Å². The molecule has 16 nitrogen and oxygen atoms in total. The molecule has 0 aliphatic carbocycles. The van der Waals surface area contributed by atoms with Gasteiger partial charge in [-0.15, -0.1) is 0 Å². The second-order valence-electron chi connectivity index (χ2n) is 16.0. The summed E-state index contributed by atoms with van der Waals surface area (Å²) in [7, 11) is 1.75. The van der Waals surface area contributed by atoms with Gasteiger partial charge < -0.3 is 20.0 Å². The lowest BCUT2D eigenvalue weighted by Gasteiger charge is -2.34. The lowest BCUT2D eigenvalue weighted by atomic mass is 9.92. The number of imide groups is 2. The number of aryl methyl sites for hydroxylation is 2. The Morgan fingerprint density at radius 1 is 1.02 bits per heavy atom. The summed E-state index contributed by atoms with van der Waals surface area (Å²) in [6, 6.07) is 2.26. The van der Waals surface area contributed by atoms with E-state index < -0.39 is 36.1 Å². The van der Waals surface area contributed by atoms with E-state index in [9.17, 15) is 37.5 Å². The van der Waals surface area contributed by atoms with E-state index in [0.717, 1.165) is 28.1 Å². The molecule has 2 N–H and O–H groups in total. The molecule has 5 aliphatic rings. The van der Waals surface area contributed by atoms with Crippen LogP contribution >= 0.6 is 0 Å². The quantitative estimate of drug-likeness (QED) is 0.215. The monoisotopic (exact) mass is 838 g/mol. The Morgan fingerprint density at radius 3 is 2.49 bits per heavy atom. The zero-order chi connectivity index (χ0) is 43.1. The van der Waals surface area contributed by atoms with Crippen molar-refractivity contribution in [3.05, 3.63) is 83.0 Å². The highest BCUT2D eigenvalue weighted by Crippen LogP contribution is 2.44. The second kappa shape index (κ2) is 16.9. The highest BCUT2D eigenvalue weighted by atomic mass is 19.3. The summed E-state index contributed by atoms with van der Waals surface area (Å²) in [4.78, 5) is 83.7. The molecule has 2 saturated heterocycles. The number of benzene rings is 1. The van der Waals surface area contributed by atoms with Crippen molar-refractivity contribution in [2.75, 3.05) is 37.6 Å². The fraction of sp³-hybridized carbons (Fsp3) is 0.442. The SMILES string of the molecule is C=C/C=C\C1=C(NCCC(=O)N2CCC(n3nc(N4CCCc5cc(-c6cnn(C)c6)c(C(F)F)cc54)c4c3CCN(C(C)=O)C4)CC2)C(=O)N(C2CCC(=O)NC2=O)C1=O. The molecule has 0 saturated carbocycles. The van der Waals surface area contributed by atoms with Crippen LogP contribution in [0.25, 0.3) is 11.1 Å². The average molecular weight is 839 g/mol. The van der Waals surface area contributed by atoms with E-state index in [1.165, 1.54) is 18.2 Å². The molecule has 2 aromatic heterocycles. The fourth-order valence-electron chi connectivity index (χ4n) is 9.15. The Hall–Kier alpha value is -6.46. The van der Waals surface area contributed by atoms with Gasteiger partial charge in [-0.25, -0.2) is 8.78 Å². The normalized spacial score (nSPS) is 19.9. The van der Waals surface area contributed by atoms with Crippen molar-refractivity contribution in [2.24, 2.45) is 7.05 Å². The zero-order valence-electron chi connectivity index (χ0n) is 34.2. The van der Waals surface area contributed by atoms with Gasteiger partial charge in [0.15, 0.2) is 5.82 Å². The summed E-state index contributed by atoms with van der Waals surface area (Å²) in [5.74, 6) is -2.10. The zero-order valence-corrected chi connectivity index (χ0v) is 34.2. The number of anilines is 2. The molecule has 1 atom stereocenters. The molecule has 8 rings (SSSR count). The second-order valence-corrected chi connectivity index (χ2v) is 16.0. The molecule has 7 heterocycles. The number of hydrogen-bond donors (Lipinski definition) is 2. The molecule has 5 aliphatic heterocycles. The van der Waals surface area contributed by atoms with Crippen LogP contribution in [0.3, 0.4) is 0 Å². The van der Waals surface area contributed by atoms with E-state index in [2.05, 4.69) is 22.3 Å². The standard InChI is InChI=1S/C43H48F2N10O6/c1-4-5-8-29-38(43(61)54(42(29)60)34-9-10-36(57)48-41(34)59)46-15-11-37(58)51-17-12-28(13-18-51)55-33-14-19-52(25(2)56)24-32(33)40(49-55)53-16-6-7-26-20-30(27-22-47-50(3)23-27)31(39(44)45)21-35(26)53/h4-5,8,20-23,28,34,39,46H,1,6-7,9-19,24H2,2-3H3,(H,48,57,59)/b8-5-. The fourth-order valence-corrected chi connectivity index (χ4v) is 9.15. The van der Waals surface area contributed by atoms with Gasteiger partial charge in [-0.1, -0.05) is 18.7 Å². The number of hydrogen-bond acceptors (Lipinski definition) is 10. The van der Waals surface area contributed by atoms with Crippen molar-refractivity contribution >= 4 is 46.9 Å². The minimum absolute atomic E-state index is 0.00623. The number of halogens is 2. The Bertz CT molecular complexity index is 2390. The minimum Gasteiger partial charge on any atom is -0.379 e. The van der Waals surface area contributed by atoms with Crippen LogP contribution in [0.15, 0.2) is 60.6 Å². The third-order valence-electron chi connectivity index (χ3n) is 12.3. The van der Waals surface area contributed by atoms with Gasteiger partial charge in [0.2, 0.25) is 23.6 Å². The highest BCUT2D eigenvalue weighted by Gasteiger charge is 2.45. The Kier molecular flexibility index (Phi) is 11.4. The number of nitrogens with one attached hydrogen (secondary N) is 2. The molecular weight excluding hydrogens is 791 g/mol. The minimum atomic E-state index is -2.72. The summed E-state index contributed by atoms with van der Waals surface area (Å²) < 4.78 is 33.0. The van der Waals surface area contributed by atoms with E-state index in [1.54, 1.807) is 46.9 Å². The lowest BCUT2D eigenvalue weighted by molar-refractivity contribution is -0.150. The first-order chi connectivity index (χ1) is 29.3. The maximum atomic E-state index is 14.7. The predicted octanol–water partition coefficient (Wildman–Crippen LogP) is 3.52. The van der Waals surface area contributed by atoms with E-state index in [-0.39, 0.29) is 60.5 Å². The molecular formula is C43H48F2N10O6. The Morgan fingerprint density at radius 2 is 1.80 bits per heavy atom. The van der Waals surface area contributed by atoms with Crippen LogP contribution in [0.5, 0.6) is 0 Å². The van der Waals surface area contributed by atoms with Crippen LogP contribution in [-0.4, -0.2) is 108 Å². The van der Waals surface area contributed by atoms with Gasteiger partial charge in [0.1, 0.15) is 11.7 Å². The maximum Gasteiger partial charge on any atom is 0.278 e. The van der Waals surface area contributed by atoms with Gasteiger partial charge in [-0.05, 0) is 61.4 Å². The lowest BCUT2D eigenvalue weighted by Crippen LogP contribution is -2.55. The molecule has 1 aromatic carbocycles. The van der Waals surface area contributed by atoms with E-state index in [0.29, 0.717) is 81.0 Å². The van der Waals surface area contributed by atoms with E-state index >= 15 is 0 Å². The first kappa shape index (κ1) is 41.3. The van der Waals surface area contributed by atoms with Crippen molar-refractivity contribution in [1.29, 1.82) is 0 Å². The van der Waals surface area contributed by atoms with Crippen molar-refractivity contribution in [1.82, 2.24) is 44.9 Å². The van der Waals surface area contributed by atoms with Crippen LogP contribution in [0.1, 0.15) is 80.3 Å². The molecule has 0 spiro atoms. The molecule has 0 bridgehead atoms. The molecule has 2 fully saturated rings. The van der Waals surface area contributed by atoms with Gasteiger partial charge in [0.05, 0.1) is 24.4 Å². The van der Waals surface area contributed by atoms with Crippen molar-refractivity contribution in [3.63, 3.8) is 0 Å². The number of carbonyl (C=O) groups excluding carboxylic acids is 6.